The summed E-state index contributed by atoms with van der Waals surface area (Å²) < 4.78 is 5.51. The molecule has 0 aromatic heterocycles. The predicted octanol–water partition coefficient (Wildman–Crippen LogP) is 2.04. The highest BCUT2D eigenvalue weighted by atomic mass is 16.5. The molecule has 0 aliphatic heterocycles. The first-order valence-electron chi connectivity index (χ1n) is 5.37. The van der Waals surface area contributed by atoms with Crippen molar-refractivity contribution in [2.24, 2.45) is 5.16 Å². The van der Waals surface area contributed by atoms with E-state index in [4.69, 9.17) is 15.1 Å². The molecule has 1 aromatic carbocycles. The maximum Gasteiger partial charge on any atom is 0.128 e. The number of nitrogens with zero attached hydrogens (tertiary/aromatic N) is 1. The normalized spacial score (nSPS) is 11.5. The lowest BCUT2D eigenvalue weighted by Crippen LogP contribution is -2.06. The third-order valence-corrected chi connectivity index (χ3v) is 2.21. The lowest BCUT2D eigenvalue weighted by Gasteiger charge is -2.10. The van der Waals surface area contributed by atoms with Crippen LogP contribution in [-0.4, -0.2) is 29.2 Å². The SMILES string of the molecule is CCC(=NO)c1ccccc1OCCCO. The van der Waals surface area contributed by atoms with Gasteiger partial charge in [-0.05, 0) is 18.6 Å². The molecule has 1 aromatic rings. The van der Waals surface area contributed by atoms with Gasteiger partial charge in [0, 0.05) is 18.6 Å². The molecule has 16 heavy (non-hydrogen) atoms. The smallest absolute Gasteiger partial charge is 0.128 e. The summed E-state index contributed by atoms with van der Waals surface area (Å²) in [6, 6.07) is 7.41. The Labute approximate surface area is 95.2 Å². The number of benzene rings is 1. The molecule has 0 fully saturated rings. The van der Waals surface area contributed by atoms with Gasteiger partial charge in [-0.2, -0.15) is 0 Å². The molecule has 88 valence electrons. The second-order valence-electron chi connectivity index (χ2n) is 3.32. The molecule has 0 saturated heterocycles. The zero-order chi connectivity index (χ0) is 11.8. The zero-order valence-electron chi connectivity index (χ0n) is 9.39. The highest BCUT2D eigenvalue weighted by molar-refractivity contribution is 6.02. The van der Waals surface area contributed by atoms with Gasteiger partial charge < -0.3 is 15.1 Å². The first-order chi connectivity index (χ1) is 7.83. The molecule has 0 unspecified atom stereocenters. The summed E-state index contributed by atoms with van der Waals surface area (Å²) in [7, 11) is 0. The monoisotopic (exact) mass is 223 g/mol. The Morgan fingerprint density at radius 2 is 2.12 bits per heavy atom. The second kappa shape index (κ2) is 6.85. The maximum absolute atomic E-state index is 8.87. The van der Waals surface area contributed by atoms with Crippen LogP contribution in [0.1, 0.15) is 25.3 Å². The number of aliphatic hydroxyl groups is 1. The fourth-order valence-electron chi connectivity index (χ4n) is 1.39. The third kappa shape index (κ3) is 3.24. The van der Waals surface area contributed by atoms with Gasteiger partial charge in [0.1, 0.15) is 5.75 Å². The van der Waals surface area contributed by atoms with Crippen LogP contribution < -0.4 is 4.74 Å². The number of hydrogen-bond acceptors (Lipinski definition) is 4. The van der Waals surface area contributed by atoms with Gasteiger partial charge in [-0.15, -0.1) is 0 Å². The van der Waals surface area contributed by atoms with Crippen molar-refractivity contribution < 1.29 is 15.1 Å². The van der Waals surface area contributed by atoms with E-state index in [1.807, 2.05) is 31.2 Å². The molecule has 0 amide bonds. The van der Waals surface area contributed by atoms with Gasteiger partial charge in [0.2, 0.25) is 0 Å². The van der Waals surface area contributed by atoms with Gasteiger partial charge in [0.25, 0.3) is 0 Å². The van der Waals surface area contributed by atoms with Gasteiger partial charge in [-0.3, -0.25) is 0 Å². The van der Waals surface area contributed by atoms with Crippen LogP contribution >= 0.6 is 0 Å². The molecule has 4 nitrogen and oxygen atoms in total. The Kier molecular flexibility index (Phi) is 5.36. The van der Waals surface area contributed by atoms with Crippen LogP contribution in [0.3, 0.4) is 0 Å². The van der Waals surface area contributed by atoms with Crippen molar-refractivity contribution >= 4 is 5.71 Å². The van der Waals surface area contributed by atoms with Crippen molar-refractivity contribution in [1.82, 2.24) is 0 Å². The molecule has 0 aliphatic carbocycles. The molecule has 0 radical (unpaired) electrons. The highest BCUT2D eigenvalue weighted by Gasteiger charge is 2.08. The van der Waals surface area contributed by atoms with Crippen molar-refractivity contribution in [3.8, 4) is 5.75 Å². The lowest BCUT2D eigenvalue weighted by atomic mass is 10.1. The Morgan fingerprint density at radius 1 is 1.38 bits per heavy atom. The molecule has 0 saturated carbocycles. The van der Waals surface area contributed by atoms with E-state index in [9.17, 15) is 0 Å². The van der Waals surface area contributed by atoms with Crippen molar-refractivity contribution in [2.75, 3.05) is 13.2 Å². The molecule has 0 heterocycles. The quantitative estimate of drug-likeness (QED) is 0.336. The van der Waals surface area contributed by atoms with Gasteiger partial charge in [0.15, 0.2) is 0 Å². The minimum absolute atomic E-state index is 0.108. The molecule has 0 bridgehead atoms. The summed E-state index contributed by atoms with van der Waals surface area (Å²) in [4.78, 5) is 0. The van der Waals surface area contributed by atoms with Gasteiger partial charge in [0.05, 0.1) is 12.3 Å². The molecule has 4 heteroatoms. The van der Waals surface area contributed by atoms with E-state index in [1.165, 1.54) is 0 Å². The average Bonchev–Trinajstić information content (AvgIpc) is 2.33. The molecule has 0 atom stereocenters. The third-order valence-electron chi connectivity index (χ3n) is 2.21. The largest absolute Gasteiger partial charge is 0.493 e. The Morgan fingerprint density at radius 3 is 2.75 bits per heavy atom. The number of rotatable bonds is 6. The molecule has 2 N–H and O–H groups in total. The Balaban J connectivity index is 2.83. The van der Waals surface area contributed by atoms with Crippen LogP contribution in [0.15, 0.2) is 29.4 Å². The molecule has 0 aliphatic rings. The minimum Gasteiger partial charge on any atom is -0.493 e. The van der Waals surface area contributed by atoms with E-state index in [1.54, 1.807) is 0 Å². The predicted molar refractivity (Wildman–Crippen MR) is 62.3 cm³/mol. The Hall–Kier alpha value is -1.55. The van der Waals surface area contributed by atoms with Gasteiger partial charge in [-0.1, -0.05) is 24.2 Å². The number of hydrogen-bond donors (Lipinski definition) is 2. The summed E-state index contributed by atoms with van der Waals surface area (Å²) in [5.41, 5.74) is 1.39. The summed E-state index contributed by atoms with van der Waals surface area (Å²) in [6.45, 7) is 2.48. The molecular weight excluding hydrogens is 206 g/mol. The van der Waals surface area contributed by atoms with Gasteiger partial charge >= 0.3 is 0 Å². The molecule has 1 rings (SSSR count). The van der Waals surface area contributed by atoms with E-state index >= 15 is 0 Å². The lowest BCUT2D eigenvalue weighted by molar-refractivity contribution is 0.233. The number of oxime groups is 1. The van der Waals surface area contributed by atoms with Crippen LogP contribution in [0.25, 0.3) is 0 Å². The minimum atomic E-state index is 0.108. The molecular formula is C12H17NO3. The van der Waals surface area contributed by atoms with Gasteiger partial charge in [-0.25, -0.2) is 0 Å². The Bertz CT molecular complexity index is 350. The standard InChI is InChI=1S/C12H17NO3/c1-2-11(13-15)10-6-3-4-7-12(10)16-9-5-8-14/h3-4,6-7,14-15H,2,5,8-9H2,1H3. The first kappa shape index (κ1) is 12.5. The topological polar surface area (TPSA) is 62.1 Å². The first-order valence-corrected chi connectivity index (χ1v) is 5.37. The van der Waals surface area contributed by atoms with Crippen LogP contribution in [0.2, 0.25) is 0 Å². The number of ether oxygens (including phenoxy) is 1. The zero-order valence-corrected chi connectivity index (χ0v) is 9.39. The van der Waals surface area contributed by atoms with Crippen molar-refractivity contribution in [3.63, 3.8) is 0 Å². The van der Waals surface area contributed by atoms with Crippen LogP contribution in [0.4, 0.5) is 0 Å². The maximum atomic E-state index is 8.87. The summed E-state index contributed by atoms with van der Waals surface area (Å²) in [5.74, 6) is 0.686. The van der Waals surface area contributed by atoms with Crippen molar-refractivity contribution in [3.05, 3.63) is 29.8 Å². The summed E-state index contributed by atoms with van der Waals surface area (Å²) in [5, 5.41) is 20.8. The fourth-order valence-corrected chi connectivity index (χ4v) is 1.39. The summed E-state index contributed by atoms with van der Waals surface area (Å²) >= 11 is 0. The number of aliphatic hydroxyl groups excluding tert-OH is 1. The van der Waals surface area contributed by atoms with E-state index in [0.29, 0.717) is 30.9 Å². The highest BCUT2D eigenvalue weighted by Crippen LogP contribution is 2.20. The van der Waals surface area contributed by atoms with Crippen LogP contribution in [0, 0.1) is 0 Å². The van der Waals surface area contributed by atoms with E-state index in [-0.39, 0.29) is 6.61 Å². The van der Waals surface area contributed by atoms with E-state index in [2.05, 4.69) is 5.16 Å². The average molecular weight is 223 g/mol. The number of para-hydroxylation sites is 1. The van der Waals surface area contributed by atoms with Crippen LogP contribution in [-0.2, 0) is 0 Å². The molecule has 0 spiro atoms. The van der Waals surface area contributed by atoms with E-state index < -0.39 is 0 Å². The van der Waals surface area contributed by atoms with Crippen molar-refractivity contribution in [2.45, 2.75) is 19.8 Å². The summed E-state index contributed by atoms with van der Waals surface area (Å²) in [6.07, 6.45) is 1.23. The van der Waals surface area contributed by atoms with E-state index in [0.717, 1.165) is 5.56 Å². The van der Waals surface area contributed by atoms with Crippen LogP contribution in [0.5, 0.6) is 5.75 Å². The fraction of sp³-hybridized carbons (Fsp3) is 0.417. The van der Waals surface area contributed by atoms with Crippen molar-refractivity contribution in [1.29, 1.82) is 0 Å². The second-order valence-corrected chi connectivity index (χ2v) is 3.32.